The number of benzene rings is 1. The Morgan fingerprint density at radius 3 is 2.86 bits per heavy atom. The number of rotatable bonds is 3. The number of aryl methyl sites for hydroxylation is 1. The Hall–Kier alpha value is -2.08. The van der Waals surface area contributed by atoms with Crippen LogP contribution in [-0.4, -0.2) is 30.1 Å². The van der Waals surface area contributed by atoms with Gasteiger partial charge in [0.15, 0.2) is 5.13 Å². The van der Waals surface area contributed by atoms with Crippen LogP contribution in [0.15, 0.2) is 35.8 Å². The first-order valence-corrected chi connectivity index (χ1v) is 8.37. The molecule has 1 aliphatic rings. The maximum Gasteiger partial charge on any atom is 0.319 e. The van der Waals surface area contributed by atoms with Gasteiger partial charge in [0.25, 0.3) is 0 Å². The maximum atomic E-state index is 12.1. The Bertz CT molecular complexity index is 621. The van der Waals surface area contributed by atoms with Gasteiger partial charge in [0, 0.05) is 36.4 Å². The molecule has 1 aromatic heterocycles. The number of piperidine rings is 1. The van der Waals surface area contributed by atoms with E-state index < -0.39 is 0 Å². The van der Waals surface area contributed by atoms with Crippen molar-refractivity contribution >= 4 is 28.2 Å². The van der Waals surface area contributed by atoms with E-state index in [2.05, 4.69) is 20.5 Å². The molecule has 0 saturated carbocycles. The average Bonchev–Trinajstić information content (AvgIpc) is 3.02. The Balaban J connectivity index is 1.47. The molecule has 1 aliphatic heterocycles. The predicted molar refractivity (Wildman–Crippen MR) is 90.7 cm³/mol. The van der Waals surface area contributed by atoms with Crippen molar-refractivity contribution < 1.29 is 4.79 Å². The Morgan fingerprint density at radius 2 is 2.18 bits per heavy atom. The number of nitrogens with one attached hydrogen (secondary N) is 2. The second-order valence-electron chi connectivity index (χ2n) is 5.54. The lowest BCUT2D eigenvalue weighted by molar-refractivity contribution is 0.246. The molecular weight excluding hydrogens is 296 g/mol. The number of hydrogen-bond donors (Lipinski definition) is 2. The summed E-state index contributed by atoms with van der Waals surface area (Å²) in [5, 5.41) is 9.02. The minimum absolute atomic E-state index is 0.127. The summed E-state index contributed by atoms with van der Waals surface area (Å²) in [7, 11) is 0. The van der Waals surface area contributed by atoms with Crippen LogP contribution in [-0.2, 0) is 0 Å². The molecule has 1 aromatic carbocycles. The van der Waals surface area contributed by atoms with Crippen molar-refractivity contribution in [2.45, 2.75) is 25.8 Å². The zero-order valence-electron chi connectivity index (χ0n) is 12.6. The van der Waals surface area contributed by atoms with Gasteiger partial charge in [0.05, 0.1) is 0 Å². The van der Waals surface area contributed by atoms with Gasteiger partial charge in [0.2, 0.25) is 0 Å². The van der Waals surface area contributed by atoms with E-state index in [-0.39, 0.29) is 12.1 Å². The van der Waals surface area contributed by atoms with Crippen LogP contribution in [0.1, 0.15) is 18.4 Å². The molecule has 0 bridgehead atoms. The van der Waals surface area contributed by atoms with E-state index in [1.54, 1.807) is 11.3 Å². The van der Waals surface area contributed by atoms with Gasteiger partial charge in [-0.2, -0.15) is 0 Å². The van der Waals surface area contributed by atoms with Crippen molar-refractivity contribution in [3.63, 3.8) is 0 Å². The lowest BCUT2D eigenvalue weighted by Gasteiger charge is -2.32. The summed E-state index contributed by atoms with van der Waals surface area (Å²) >= 11 is 1.66. The van der Waals surface area contributed by atoms with Crippen molar-refractivity contribution in [1.29, 1.82) is 0 Å². The van der Waals surface area contributed by atoms with Crippen LogP contribution in [0.4, 0.5) is 15.6 Å². The molecule has 22 heavy (non-hydrogen) atoms. The lowest BCUT2D eigenvalue weighted by Crippen LogP contribution is -2.46. The Morgan fingerprint density at radius 1 is 1.36 bits per heavy atom. The lowest BCUT2D eigenvalue weighted by atomic mass is 10.1. The van der Waals surface area contributed by atoms with Crippen LogP contribution in [0.2, 0.25) is 0 Å². The van der Waals surface area contributed by atoms with Gasteiger partial charge in [-0.1, -0.05) is 12.1 Å². The van der Waals surface area contributed by atoms with Crippen LogP contribution in [0.5, 0.6) is 0 Å². The van der Waals surface area contributed by atoms with Gasteiger partial charge in [-0.3, -0.25) is 0 Å². The summed E-state index contributed by atoms with van der Waals surface area (Å²) < 4.78 is 0. The van der Waals surface area contributed by atoms with Crippen LogP contribution >= 0.6 is 11.3 Å². The summed E-state index contributed by atoms with van der Waals surface area (Å²) in [4.78, 5) is 18.7. The van der Waals surface area contributed by atoms with Gasteiger partial charge >= 0.3 is 6.03 Å². The average molecular weight is 316 g/mol. The normalized spacial score (nSPS) is 15.6. The summed E-state index contributed by atoms with van der Waals surface area (Å²) in [6.45, 7) is 3.88. The summed E-state index contributed by atoms with van der Waals surface area (Å²) in [6.07, 6.45) is 3.72. The quantitative estimate of drug-likeness (QED) is 0.914. The Kier molecular flexibility index (Phi) is 4.58. The molecule has 3 rings (SSSR count). The van der Waals surface area contributed by atoms with Crippen molar-refractivity contribution in [3.05, 3.63) is 41.4 Å². The van der Waals surface area contributed by atoms with Gasteiger partial charge in [-0.05, 0) is 37.5 Å². The summed E-state index contributed by atoms with van der Waals surface area (Å²) in [6, 6.07) is 7.91. The van der Waals surface area contributed by atoms with Gasteiger partial charge in [-0.25, -0.2) is 9.78 Å². The predicted octanol–water partition coefficient (Wildman–Crippen LogP) is 3.24. The van der Waals surface area contributed by atoms with E-state index in [0.717, 1.165) is 42.3 Å². The van der Waals surface area contributed by atoms with E-state index in [0.29, 0.717) is 0 Å². The molecule has 1 fully saturated rings. The minimum atomic E-state index is -0.127. The van der Waals surface area contributed by atoms with E-state index in [9.17, 15) is 4.79 Å². The molecule has 0 radical (unpaired) electrons. The molecule has 2 N–H and O–H groups in total. The monoisotopic (exact) mass is 316 g/mol. The highest BCUT2D eigenvalue weighted by Crippen LogP contribution is 2.22. The van der Waals surface area contributed by atoms with Crippen molar-refractivity contribution in [3.8, 4) is 0 Å². The number of amides is 2. The molecular formula is C16H20N4OS. The fourth-order valence-electron chi connectivity index (χ4n) is 2.66. The number of thiazole rings is 1. The summed E-state index contributed by atoms with van der Waals surface area (Å²) in [5.41, 5.74) is 1.97. The molecule has 5 nitrogen and oxygen atoms in total. The topological polar surface area (TPSA) is 57.3 Å². The number of urea groups is 1. The Labute approximate surface area is 134 Å². The third-order valence-electron chi connectivity index (χ3n) is 3.80. The van der Waals surface area contributed by atoms with Crippen LogP contribution < -0.4 is 15.5 Å². The van der Waals surface area contributed by atoms with Gasteiger partial charge in [-0.15, -0.1) is 11.3 Å². The number of carbonyl (C=O) groups excluding carboxylic acids is 1. The molecule has 0 unspecified atom stereocenters. The fourth-order valence-corrected chi connectivity index (χ4v) is 3.36. The second kappa shape index (κ2) is 6.79. The van der Waals surface area contributed by atoms with E-state index >= 15 is 0 Å². The van der Waals surface area contributed by atoms with Crippen molar-refractivity contribution in [2.24, 2.45) is 0 Å². The smallest absolute Gasteiger partial charge is 0.319 e. The van der Waals surface area contributed by atoms with Crippen LogP contribution in [0, 0.1) is 6.92 Å². The SMILES string of the molecule is Cc1cccc(NC(=O)NC2CCN(c3nccs3)CC2)c1. The third-order valence-corrected chi connectivity index (χ3v) is 4.63. The molecule has 2 amide bonds. The molecule has 116 valence electrons. The molecule has 2 heterocycles. The number of aromatic nitrogens is 1. The highest BCUT2D eigenvalue weighted by atomic mass is 32.1. The van der Waals surface area contributed by atoms with Crippen LogP contribution in [0.3, 0.4) is 0 Å². The first kappa shape index (κ1) is 14.8. The van der Waals surface area contributed by atoms with Gasteiger partial charge in [0.1, 0.15) is 0 Å². The molecule has 0 aliphatic carbocycles. The first-order chi connectivity index (χ1) is 10.7. The summed E-state index contributed by atoms with van der Waals surface area (Å²) in [5.74, 6) is 0. The second-order valence-corrected chi connectivity index (χ2v) is 6.42. The van der Waals surface area contributed by atoms with E-state index in [1.807, 2.05) is 42.8 Å². The first-order valence-electron chi connectivity index (χ1n) is 7.49. The third kappa shape index (κ3) is 3.76. The molecule has 1 saturated heterocycles. The largest absolute Gasteiger partial charge is 0.348 e. The van der Waals surface area contributed by atoms with Crippen molar-refractivity contribution in [1.82, 2.24) is 10.3 Å². The number of hydrogen-bond acceptors (Lipinski definition) is 4. The molecule has 6 heteroatoms. The number of carbonyl (C=O) groups is 1. The zero-order chi connectivity index (χ0) is 15.4. The minimum Gasteiger partial charge on any atom is -0.348 e. The number of anilines is 2. The highest BCUT2D eigenvalue weighted by molar-refractivity contribution is 7.13. The molecule has 2 aromatic rings. The van der Waals surface area contributed by atoms with Gasteiger partial charge < -0.3 is 15.5 Å². The van der Waals surface area contributed by atoms with Crippen LogP contribution in [0.25, 0.3) is 0 Å². The molecule has 0 spiro atoms. The van der Waals surface area contributed by atoms with E-state index in [4.69, 9.17) is 0 Å². The zero-order valence-corrected chi connectivity index (χ0v) is 13.4. The standard InChI is InChI=1S/C16H20N4OS/c1-12-3-2-4-14(11-12)19-15(21)18-13-5-8-20(9-6-13)16-17-7-10-22-16/h2-4,7,10-11,13H,5-6,8-9H2,1H3,(H2,18,19,21). The van der Waals surface area contributed by atoms with Crippen molar-refractivity contribution in [2.75, 3.05) is 23.3 Å². The van der Waals surface area contributed by atoms with E-state index in [1.165, 1.54) is 0 Å². The maximum absolute atomic E-state index is 12.1. The highest BCUT2D eigenvalue weighted by Gasteiger charge is 2.21. The number of nitrogens with zero attached hydrogens (tertiary/aromatic N) is 2. The molecule has 0 atom stereocenters. The fraction of sp³-hybridized carbons (Fsp3) is 0.375.